The summed E-state index contributed by atoms with van der Waals surface area (Å²) in [6.07, 6.45) is 1.82. The van der Waals surface area contributed by atoms with E-state index in [1.807, 2.05) is 55.5 Å². The molecular weight excluding hydrogens is 290 g/mol. The third-order valence-electron chi connectivity index (χ3n) is 3.32. The summed E-state index contributed by atoms with van der Waals surface area (Å²) in [7, 11) is 3.21. The van der Waals surface area contributed by atoms with Crippen molar-refractivity contribution in [1.29, 1.82) is 5.26 Å². The van der Waals surface area contributed by atoms with E-state index in [9.17, 15) is 5.26 Å². The lowest BCUT2D eigenvalue weighted by atomic mass is 10.0. The fraction of sp³-hybridized carbons (Fsp3) is 0.211. The van der Waals surface area contributed by atoms with Gasteiger partial charge >= 0.3 is 0 Å². The fourth-order valence-electron chi connectivity index (χ4n) is 2.17. The van der Waals surface area contributed by atoms with Crippen LogP contribution in [0.2, 0.25) is 0 Å². The van der Waals surface area contributed by atoms with Gasteiger partial charge in [-0.25, -0.2) is 0 Å². The molecule has 0 saturated carbocycles. The van der Waals surface area contributed by atoms with E-state index in [1.54, 1.807) is 14.2 Å². The van der Waals surface area contributed by atoms with Crippen molar-refractivity contribution in [3.8, 4) is 23.3 Å². The molecule has 0 aromatic heterocycles. The van der Waals surface area contributed by atoms with Gasteiger partial charge in [0.1, 0.15) is 5.75 Å². The van der Waals surface area contributed by atoms with Gasteiger partial charge in [0, 0.05) is 0 Å². The Labute approximate surface area is 136 Å². The van der Waals surface area contributed by atoms with Gasteiger partial charge in [-0.3, -0.25) is 0 Å². The van der Waals surface area contributed by atoms with Gasteiger partial charge in [0.05, 0.1) is 32.5 Å². The van der Waals surface area contributed by atoms with Crippen molar-refractivity contribution in [3.05, 3.63) is 53.6 Å². The smallest absolute Gasteiger partial charge is 0.161 e. The van der Waals surface area contributed by atoms with Crippen molar-refractivity contribution in [3.63, 3.8) is 0 Å². The summed E-state index contributed by atoms with van der Waals surface area (Å²) in [5.41, 5.74) is 2.28. The monoisotopic (exact) mass is 309 g/mol. The molecule has 0 saturated heterocycles. The summed E-state index contributed by atoms with van der Waals surface area (Å²) >= 11 is 0. The maximum Gasteiger partial charge on any atom is 0.161 e. The highest BCUT2D eigenvalue weighted by Crippen LogP contribution is 2.30. The number of hydrogen-bond donors (Lipinski definition) is 0. The summed E-state index contributed by atoms with van der Waals surface area (Å²) < 4.78 is 16.0. The molecule has 0 aliphatic carbocycles. The number of methoxy groups -OCH3 is 2. The molecule has 4 heteroatoms. The molecule has 23 heavy (non-hydrogen) atoms. The summed E-state index contributed by atoms with van der Waals surface area (Å²) in [6.45, 7) is 2.49. The minimum absolute atomic E-state index is 0.568. The lowest BCUT2D eigenvalue weighted by Gasteiger charge is -2.10. The van der Waals surface area contributed by atoms with Gasteiger partial charge in [0.15, 0.2) is 11.5 Å². The van der Waals surface area contributed by atoms with Crippen LogP contribution in [0.4, 0.5) is 0 Å². The minimum Gasteiger partial charge on any atom is -0.497 e. The van der Waals surface area contributed by atoms with Gasteiger partial charge in [0.2, 0.25) is 0 Å². The zero-order valence-corrected chi connectivity index (χ0v) is 13.5. The number of nitrogens with zero attached hydrogens (tertiary/aromatic N) is 1. The van der Waals surface area contributed by atoms with Crippen LogP contribution >= 0.6 is 0 Å². The predicted octanol–water partition coefficient (Wildman–Crippen LogP) is 4.17. The molecule has 0 spiro atoms. The normalized spacial score (nSPS) is 10.8. The van der Waals surface area contributed by atoms with Crippen LogP contribution in [0.25, 0.3) is 11.6 Å². The number of hydrogen-bond acceptors (Lipinski definition) is 4. The highest BCUT2D eigenvalue weighted by molar-refractivity contribution is 5.89. The molecule has 0 bridgehead atoms. The van der Waals surface area contributed by atoms with E-state index in [2.05, 4.69) is 6.07 Å². The molecule has 0 aliphatic heterocycles. The third kappa shape index (κ3) is 4.04. The Balaban J connectivity index is 2.35. The largest absolute Gasteiger partial charge is 0.497 e. The number of benzene rings is 2. The second kappa shape index (κ2) is 7.90. The zero-order valence-electron chi connectivity index (χ0n) is 13.5. The second-order valence-electron chi connectivity index (χ2n) is 4.74. The Hall–Kier alpha value is -2.93. The number of allylic oxidation sites excluding steroid dienone is 1. The number of ether oxygens (including phenoxy) is 3. The van der Waals surface area contributed by atoms with Crippen molar-refractivity contribution in [1.82, 2.24) is 0 Å². The van der Waals surface area contributed by atoms with Crippen molar-refractivity contribution in [2.75, 3.05) is 20.8 Å². The van der Waals surface area contributed by atoms with Crippen LogP contribution < -0.4 is 14.2 Å². The Kier molecular flexibility index (Phi) is 5.65. The Morgan fingerprint density at radius 2 is 1.78 bits per heavy atom. The molecule has 118 valence electrons. The summed E-state index contributed by atoms with van der Waals surface area (Å²) in [4.78, 5) is 0. The highest BCUT2D eigenvalue weighted by atomic mass is 16.5. The van der Waals surface area contributed by atoms with E-state index in [0.717, 1.165) is 16.9 Å². The molecule has 0 unspecified atom stereocenters. The van der Waals surface area contributed by atoms with Crippen LogP contribution in [-0.2, 0) is 0 Å². The van der Waals surface area contributed by atoms with E-state index in [1.165, 1.54) is 0 Å². The van der Waals surface area contributed by atoms with E-state index in [-0.39, 0.29) is 0 Å². The van der Waals surface area contributed by atoms with Crippen LogP contribution in [0.3, 0.4) is 0 Å². The molecule has 0 heterocycles. The Morgan fingerprint density at radius 1 is 1.04 bits per heavy atom. The van der Waals surface area contributed by atoms with E-state index in [0.29, 0.717) is 23.7 Å². The average molecular weight is 309 g/mol. The van der Waals surface area contributed by atoms with E-state index >= 15 is 0 Å². The summed E-state index contributed by atoms with van der Waals surface area (Å²) in [6, 6.07) is 15.2. The molecule has 2 aromatic carbocycles. The van der Waals surface area contributed by atoms with Crippen molar-refractivity contribution < 1.29 is 14.2 Å². The molecule has 0 aliphatic rings. The van der Waals surface area contributed by atoms with Crippen LogP contribution in [0.5, 0.6) is 17.2 Å². The number of nitriles is 1. The van der Waals surface area contributed by atoms with Gasteiger partial charge in [-0.2, -0.15) is 5.26 Å². The molecule has 0 N–H and O–H groups in total. The zero-order chi connectivity index (χ0) is 16.7. The van der Waals surface area contributed by atoms with Gasteiger partial charge in [-0.1, -0.05) is 6.07 Å². The average Bonchev–Trinajstić information content (AvgIpc) is 2.61. The van der Waals surface area contributed by atoms with E-state index in [4.69, 9.17) is 14.2 Å². The molecule has 0 atom stereocenters. The van der Waals surface area contributed by atoms with Crippen LogP contribution in [0, 0.1) is 11.3 Å². The van der Waals surface area contributed by atoms with Crippen LogP contribution in [0.1, 0.15) is 18.1 Å². The van der Waals surface area contributed by atoms with Crippen molar-refractivity contribution in [2.45, 2.75) is 6.92 Å². The first-order valence-electron chi connectivity index (χ1n) is 7.29. The van der Waals surface area contributed by atoms with Crippen LogP contribution in [-0.4, -0.2) is 20.8 Å². The first kappa shape index (κ1) is 16.4. The molecule has 2 aromatic rings. The molecular formula is C19H19NO3. The van der Waals surface area contributed by atoms with Crippen molar-refractivity contribution >= 4 is 11.6 Å². The quantitative estimate of drug-likeness (QED) is 0.593. The maximum atomic E-state index is 9.43. The molecule has 0 fully saturated rings. The molecule has 4 nitrogen and oxygen atoms in total. The molecule has 0 radical (unpaired) electrons. The standard InChI is InChI=1S/C19H19NO3/c1-4-23-18-10-5-14(12-19(18)22-3)11-16(13-20)15-6-8-17(21-2)9-7-15/h5-12H,4H2,1-3H3/b16-11+. The maximum absolute atomic E-state index is 9.43. The van der Waals surface area contributed by atoms with Crippen molar-refractivity contribution in [2.24, 2.45) is 0 Å². The minimum atomic E-state index is 0.568. The summed E-state index contributed by atoms with van der Waals surface area (Å²) in [5, 5.41) is 9.43. The van der Waals surface area contributed by atoms with Gasteiger partial charge in [0.25, 0.3) is 0 Å². The number of rotatable bonds is 6. The Morgan fingerprint density at radius 3 is 2.35 bits per heavy atom. The first-order chi connectivity index (χ1) is 11.2. The van der Waals surface area contributed by atoms with Gasteiger partial charge in [-0.05, 0) is 60.5 Å². The molecule has 2 rings (SSSR count). The lowest BCUT2D eigenvalue weighted by molar-refractivity contribution is 0.311. The predicted molar refractivity (Wildman–Crippen MR) is 90.6 cm³/mol. The summed E-state index contributed by atoms with van der Waals surface area (Å²) in [5.74, 6) is 2.09. The SMILES string of the molecule is CCOc1ccc(/C=C(\C#N)c2ccc(OC)cc2)cc1OC. The highest BCUT2D eigenvalue weighted by Gasteiger charge is 2.06. The Bertz CT molecular complexity index is 727. The van der Waals surface area contributed by atoms with E-state index < -0.39 is 0 Å². The second-order valence-corrected chi connectivity index (χ2v) is 4.74. The fourth-order valence-corrected chi connectivity index (χ4v) is 2.17. The lowest BCUT2D eigenvalue weighted by Crippen LogP contribution is -1.95. The first-order valence-corrected chi connectivity index (χ1v) is 7.29. The van der Waals surface area contributed by atoms with Gasteiger partial charge in [-0.15, -0.1) is 0 Å². The third-order valence-corrected chi connectivity index (χ3v) is 3.32. The van der Waals surface area contributed by atoms with Gasteiger partial charge < -0.3 is 14.2 Å². The van der Waals surface area contributed by atoms with Crippen LogP contribution in [0.15, 0.2) is 42.5 Å². The topological polar surface area (TPSA) is 51.5 Å². The molecule has 0 amide bonds.